The molecule has 0 radical (unpaired) electrons. The fourth-order valence-corrected chi connectivity index (χ4v) is 2.54. The largest absolute Gasteiger partial charge is 0.251 e. The number of halogens is 1. The third-order valence-corrected chi connectivity index (χ3v) is 4.09. The summed E-state index contributed by atoms with van der Waals surface area (Å²) >= 11 is 5.90. The van der Waals surface area contributed by atoms with Gasteiger partial charge in [-0.2, -0.15) is 5.10 Å². The van der Waals surface area contributed by atoms with Crippen LogP contribution in [-0.2, 0) is 10.8 Å². The Morgan fingerprint density at radius 2 is 1.45 bits per heavy atom. The highest BCUT2D eigenvalue weighted by molar-refractivity contribution is 7.84. The van der Waals surface area contributed by atoms with E-state index in [2.05, 4.69) is 15.2 Å². The lowest BCUT2D eigenvalue weighted by atomic mass is 10.0. The molecule has 110 valence electrons. The predicted octanol–water partition coefficient (Wildman–Crippen LogP) is 3.60. The van der Waals surface area contributed by atoms with Crippen LogP contribution in [0.5, 0.6) is 0 Å². The van der Waals surface area contributed by atoms with Crippen molar-refractivity contribution >= 4 is 22.4 Å². The summed E-state index contributed by atoms with van der Waals surface area (Å²) in [4.78, 5) is 4.27. The number of nitrogens with zero attached hydrogens (tertiary/aromatic N) is 3. The van der Waals surface area contributed by atoms with E-state index in [-0.39, 0.29) is 5.16 Å². The van der Waals surface area contributed by atoms with E-state index < -0.39 is 10.8 Å². The summed E-state index contributed by atoms with van der Waals surface area (Å²) in [6, 6.07) is 15.6. The van der Waals surface area contributed by atoms with Crippen LogP contribution in [-0.4, -0.2) is 25.6 Å². The molecule has 3 aromatic rings. The zero-order chi connectivity index (χ0) is 15.5. The normalized spacial score (nSPS) is 12.1. The molecule has 0 N–H and O–H groups in total. The lowest BCUT2D eigenvalue weighted by Crippen LogP contribution is -2.00. The quantitative estimate of drug-likeness (QED) is 0.736. The molecule has 0 amide bonds. The van der Waals surface area contributed by atoms with Crippen LogP contribution in [0.1, 0.15) is 0 Å². The maximum atomic E-state index is 11.4. The van der Waals surface area contributed by atoms with Crippen molar-refractivity contribution in [3.05, 3.63) is 59.8 Å². The molecule has 3 rings (SSSR count). The molecule has 2 aromatic carbocycles. The van der Waals surface area contributed by atoms with Gasteiger partial charge in [0.1, 0.15) is 0 Å². The van der Waals surface area contributed by atoms with Crippen LogP contribution in [0.15, 0.2) is 59.9 Å². The first-order valence-corrected chi connectivity index (χ1v) is 8.46. The van der Waals surface area contributed by atoms with E-state index in [0.29, 0.717) is 10.7 Å². The lowest BCUT2D eigenvalue weighted by Gasteiger charge is -2.05. The number of hydrogen-bond donors (Lipinski definition) is 0. The Kier molecular flexibility index (Phi) is 4.27. The molecule has 1 unspecified atom stereocenters. The van der Waals surface area contributed by atoms with Crippen molar-refractivity contribution in [1.29, 1.82) is 0 Å². The van der Waals surface area contributed by atoms with Crippen molar-refractivity contribution in [3.63, 3.8) is 0 Å². The zero-order valence-corrected chi connectivity index (χ0v) is 13.3. The number of rotatable bonds is 3. The molecule has 4 nitrogen and oxygen atoms in total. The molecule has 6 heteroatoms. The van der Waals surface area contributed by atoms with Gasteiger partial charge >= 0.3 is 0 Å². The zero-order valence-electron chi connectivity index (χ0n) is 11.7. The second kappa shape index (κ2) is 6.34. The summed E-state index contributed by atoms with van der Waals surface area (Å²) in [6.45, 7) is 0. The Balaban J connectivity index is 1.92. The van der Waals surface area contributed by atoms with Crippen molar-refractivity contribution in [3.8, 4) is 22.4 Å². The summed E-state index contributed by atoms with van der Waals surface area (Å²) in [7, 11) is -1.25. The van der Waals surface area contributed by atoms with E-state index in [0.717, 1.165) is 16.7 Å². The van der Waals surface area contributed by atoms with Gasteiger partial charge in [-0.25, -0.2) is 4.98 Å². The van der Waals surface area contributed by atoms with E-state index in [1.807, 2.05) is 48.5 Å². The van der Waals surface area contributed by atoms with E-state index in [4.69, 9.17) is 11.6 Å². The molecule has 0 saturated carbocycles. The molecule has 22 heavy (non-hydrogen) atoms. The molecular weight excluding hydrogens is 318 g/mol. The van der Waals surface area contributed by atoms with Crippen LogP contribution in [0.4, 0.5) is 0 Å². The predicted molar refractivity (Wildman–Crippen MR) is 88.0 cm³/mol. The summed E-state index contributed by atoms with van der Waals surface area (Å²) in [6.07, 6.45) is 3.10. The minimum absolute atomic E-state index is 0.235. The van der Waals surface area contributed by atoms with E-state index >= 15 is 0 Å². The van der Waals surface area contributed by atoms with Crippen molar-refractivity contribution in [1.82, 2.24) is 15.2 Å². The molecule has 0 aliphatic heterocycles. The van der Waals surface area contributed by atoms with Gasteiger partial charge in [-0.3, -0.25) is 4.21 Å². The van der Waals surface area contributed by atoms with Crippen molar-refractivity contribution in [2.45, 2.75) is 5.16 Å². The molecule has 0 fully saturated rings. The third kappa shape index (κ3) is 3.21. The van der Waals surface area contributed by atoms with Gasteiger partial charge in [-0.15, -0.1) is 5.10 Å². The molecule has 1 heterocycles. The maximum Gasteiger partial charge on any atom is 0.239 e. The number of benzene rings is 2. The van der Waals surface area contributed by atoms with Crippen LogP contribution in [0.3, 0.4) is 0 Å². The second-order valence-corrected chi connectivity index (χ2v) is 6.37. The third-order valence-electron chi connectivity index (χ3n) is 3.15. The number of aromatic nitrogens is 3. The van der Waals surface area contributed by atoms with Gasteiger partial charge in [0.2, 0.25) is 5.16 Å². The molecule has 1 aromatic heterocycles. The Labute approximate surface area is 135 Å². The summed E-state index contributed by atoms with van der Waals surface area (Å²) in [5.74, 6) is 0. The Hall–Kier alpha value is -2.11. The minimum atomic E-state index is -1.25. The van der Waals surface area contributed by atoms with Crippen LogP contribution >= 0.6 is 11.6 Å². The van der Waals surface area contributed by atoms with Crippen molar-refractivity contribution < 1.29 is 4.21 Å². The molecular formula is C16H12ClN3OS. The maximum absolute atomic E-state index is 11.4. The smallest absolute Gasteiger partial charge is 0.239 e. The molecule has 0 aliphatic rings. The van der Waals surface area contributed by atoms with Gasteiger partial charge in [-0.05, 0) is 23.3 Å². The average molecular weight is 330 g/mol. The van der Waals surface area contributed by atoms with Gasteiger partial charge in [0.15, 0.2) is 0 Å². The van der Waals surface area contributed by atoms with Crippen LogP contribution in [0.25, 0.3) is 22.4 Å². The molecule has 0 bridgehead atoms. The highest BCUT2D eigenvalue weighted by Crippen LogP contribution is 2.24. The average Bonchev–Trinajstić information content (AvgIpc) is 2.56. The Morgan fingerprint density at radius 1 is 0.909 bits per heavy atom. The van der Waals surface area contributed by atoms with Crippen molar-refractivity contribution in [2.24, 2.45) is 0 Å². The monoisotopic (exact) mass is 329 g/mol. The lowest BCUT2D eigenvalue weighted by molar-refractivity contribution is 0.675. The fourth-order valence-electron chi connectivity index (χ4n) is 2.02. The molecule has 0 spiro atoms. The van der Waals surface area contributed by atoms with Gasteiger partial charge in [-0.1, -0.05) is 48.0 Å². The molecule has 1 atom stereocenters. The Morgan fingerprint density at radius 3 is 2.05 bits per heavy atom. The first kappa shape index (κ1) is 14.8. The summed E-state index contributed by atoms with van der Waals surface area (Å²) < 4.78 is 11.4. The minimum Gasteiger partial charge on any atom is -0.251 e. The highest BCUT2D eigenvalue weighted by atomic mass is 35.5. The molecule has 0 saturated heterocycles. The van der Waals surface area contributed by atoms with Crippen LogP contribution < -0.4 is 0 Å². The molecule has 0 aliphatic carbocycles. The topological polar surface area (TPSA) is 55.7 Å². The Bertz CT molecular complexity index is 820. The van der Waals surface area contributed by atoms with E-state index in [9.17, 15) is 4.21 Å². The van der Waals surface area contributed by atoms with E-state index in [1.165, 1.54) is 6.26 Å². The van der Waals surface area contributed by atoms with Crippen molar-refractivity contribution in [2.75, 3.05) is 6.26 Å². The highest BCUT2D eigenvalue weighted by Gasteiger charge is 2.06. The van der Waals surface area contributed by atoms with Crippen LogP contribution in [0, 0.1) is 0 Å². The standard InChI is InChI=1S/C16H12ClN3OS/c1-22(21)16-19-15(10-18-20-16)13-4-2-11(3-5-13)12-6-8-14(17)9-7-12/h2-10H,1H3. The van der Waals surface area contributed by atoms with Gasteiger partial charge in [0, 0.05) is 16.8 Å². The SMILES string of the molecule is CS(=O)c1nncc(-c2ccc(-c3ccc(Cl)cc3)cc2)n1. The first-order valence-electron chi connectivity index (χ1n) is 6.53. The summed E-state index contributed by atoms with van der Waals surface area (Å²) in [5, 5.41) is 8.57. The number of hydrogen-bond acceptors (Lipinski definition) is 4. The van der Waals surface area contributed by atoms with Crippen LogP contribution in [0.2, 0.25) is 5.02 Å². The summed E-state index contributed by atoms with van der Waals surface area (Å²) in [5.41, 5.74) is 3.73. The second-order valence-electron chi connectivity index (χ2n) is 4.66. The first-order chi connectivity index (χ1) is 10.6. The van der Waals surface area contributed by atoms with Gasteiger partial charge < -0.3 is 0 Å². The van der Waals surface area contributed by atoms with Gasteiger partial charge in [0.25, 0.3) is 0 Å². The van der Waals surface area contributed by atoms with E-state index in [1.54, 1.807) is 6.20 Å². The fraction of sp³-hybridized carbons (Fsp3) is 0.0625. The van der Waals surface area contributed by atoms with Gasteiger partial charge in [0.05, 0.1) is 22.7 Å².